The molecule has 0 saturated heterocycles. The summed E-state index contributed by atoms with van der Waals surface area (Å²) in [6, 6.07) is 12.0. The minimum atomic E-state index is -0.279. The van der Waals surface area contributed by atoms with Gasteiger partial charge in [-0.2, -0.15) is 0 Å². The van der Waals surface area contributed by atoms with Crippen molar-refractivity contribution in [3.8, 4) is 0 Å². The van der Waals surface area contributed by atoms with Gasteiger partial charge in [-0.05, 0) is 31.2 Å². The lowest BCUT2D eigenvalue weighted by atomic mass is 10.0. The lowest BCUT2D eigenvalue weighted by Gasteiger charge is -2.20. The summed E-state index contributed by atoms with van der Waals surface area (Å²) in [4.78, 5) is 0. The van der Waals surface area contributed by atoms with Crippen LogP contribution in [-0.4, -0.2) is 6.54 Å². The van der Waals surface area contributed by atoms with E-state index in [0.29, 0.717) is 17.1 Å². The van der Waals surface area contributed by atoms with Gasteiger partial charge < -0.3 is 11.1 Å². The van der Waals surface area contributed by atoms with E-state index in [0.717, 1.165) is 11.3 Å². The molecule has 19 heavy (non-hydrogen) atoms. The highest BCUT2D eigenvalue weighted by molar-refractivity contribution is 6.30. The molecule has 0 aromatic heterocycles. The molecular formula is C15H16ClFN2. The molecule has 1 atom stereocenters. The molecule has 100 valence electrons. The van der Waals surface area contributed by atoms with Gasteiger partial charge in [-0.1, -0.05) is 35.4 Å². The van der Waals surface area contributed by atoms with Gasteiger partial charge >= 0.3 is 0 Å². The standard InChI is InChI=1S/C15H16ClFN2/c1-10-5-6-14(17)13(7-10)15(9-18)19-12-4-2-3-11(16)8-12/h2-8,15,19H,9,18H2,1H3. The van der Waals surface area contributed by atoms with Crippen molar-refractivity contribution in [1.29, 1.82) is 0 Å². The fourth-order valence-corrected chi connectivity index (χ4v) is 2.16. The maximum absolute atomic E-state index is 13.9. The second-order valence-corrected chi connectivity index (χ2v) is 4.90. The summed E-state index contributed by atoms with van der Waals surface area (Å²) in [5, 5.41) is 3.83. The molecule has 0 aliphatic carbocycles. The average molecular weight is 279 g/mol. The van der Waals surface area contributed by atoms with Crippen LogP contribution in [0.5, 0.6) is 0 Å². The van der Waals surface area contributed by atoms with Gasteiger partial charge in [0.15, 0.2) is 0 Å². The van der Waals surface area contributed by atoms with E-state index >= 15 is 0 Å². The lowest BCUT2D eigenvalue weighted by molar-refractivity contribution is 0.593. The van der Waals surface area contributed by atoms with E-state index < -0.39 is 0 Å². The van der Waals surface area contributed by atoms with Crippen molar-refractivity contribution in [3.05, 3.63) is 64.4 Å². The number of hydrogen-bond acceptors (Lipinski definition) is 2. The van der Waals surface area contributed by atoms with Crippen LogP contribution in [0.3, 0.4) is 0 Å². The van der Waals surface area contributed by atoms with Crippen molar-refractivity contribution in [2.45, 2.75) is 13.0 Å². The molecule has 1 unspecified atom stereocenters. The van der Waals surface area contributed by atoms with Gasteiger partial charge in [-0.25, -0.2) is 4.39 Å². The second kappa shape index (κ2) is 6.04. The van der Waals surface area contributed by atoms with Crippen LogP contribution in [0.1, 0.15) is 17.2 Å². The third kappa shape index (κ3) is 3.46. The molecular weight excluding hydrogens is 263 g/mol. The number of benzene rings is 2. The molecule has 4 heteroatoms. The van der Waals surface area contributed by atoms with Crippen LogP contribution in [0.4, 0.5) is 10.1 Å². The maximum atomic E-state index is 13.9. The largest absolute Gasteiger partial charge is 0.377 e. The van der Waals surface area contributed by atoms with Crippen LogP contribution in [0, 0.1) is 12.7 Å². The summed E-state index contributed by atoms with van der Waals surface area (Å²) >= 11 is 5.93. The fourth-order valence-electron chi connectivity index (χ4n) is 1.97. The summed E-state index contributed by atoms with van der Waals surface area (Å²) in [7, 11) is 0. The number of hydrogen-bond donors (Lipinski definition) is 2. The lowest BCUT2D eigenvalue weighted by Crippen LogP contribution is -2.21. The second-order valence-electron chi connectivity index (χ2n) is 4.47. The first-order valence-corrected chi connectivity index (χ1v) is 6.46. The SMILES string of the molecule is Cc1ccc(F)c(C(CN)Nc2cccc(Cl)c2)c1. The van der Waals surface area contributed by atoms with Crippen LogP contribution in [0.2, 0.25) is 5.02 Å². The highest BCUT2D eigenvalue weighted by atomic mass is 35.5. The molecule has 2 aromatic rings. The molecule has 2 aromatic carbocycles. The topological polar surface area (TPSA) is 38.0 Å². The summed E-state index contributed by atoms with van der Waals surface area (Å²) in [6.07, 6.45) is 0. The van der Waals surface area contributed by atoms with Gasteiger partial charge in [0.1, 0.15) is 5.82 Å². The molecule has 0 aliphatic rings. The Labute approximate surface area is 117 Å². The monoisotopic (exact) mass is 278 g/mol. The van der Waals surface area contributed by atoms with Crippen LogP contribution in [-0.2, 0) is 0 Å². The zero-order valence-corrected chi connectivity index (χ0v) is 11.4. The Morgan fingerprint density at radius 2 is 2.05 bits per heavy atom. The van der Waals surface area contributed by atoms with Crippen molar-refractivity contribution < 1.29 is 4.39 Å². The number of rotatable bonds is 4. The first-order valence-electron chi connectivity index (χ1n) is 6.08. The normalized spacial score (nSPS) is 12.2. The zero-order valence-electron chi connectivity index (χ0n) is 10.7. The van der Waals surface area contributed by atoms with Gasteiger partial charge in [-0.15, -0.1) is 0 Å². The predicted octanol–water partition coefficient (Wildman–Crippen LogP) is 3.90. The molecule has 0 aliphatic heterocycles. The molecule has 2 nitrogen and oxygen atoms in total. The van der Waals surface area contributed by atoms with Crippen LogP contribution >= 0.6 is 11.6 Å². The first-order chi connectivity index (χ1) is 9.10. The molecule has 0 bridgehead atoms. The number of anilines is 1. The molecule has 0 fully saturated rings. The molecule has 0 spiro atoms. The van der Waals surface area contributed by atoms with Crippen LogP contribution < -0.4 is 11.1 Å². The summed E-state index contributed by atoms with van der Waals surface area (Å²) in [5.74, 6) is -0.254. The zero-order chi connectivity index (χ0) is 13.8. The Balaban J connectivity index is 2.27. The number of nitrogens with one attached hydrogen (secondary N) is 1. The highest BCUT2D eigenvalue weighted by Crippen LogP contribution is 2.24. The molecule has 3 N–H and O–H groups in total. The minimum absolute atomic E-state index is 0.254. The van der Waals surface area contributed by atoms with Gasteiger partial charge in [0.05, 0.1) is 6.04 Å². The van der Waals surface area contributed by atoms with E-state index in [1.807, 2.05) is 25.1 Å². The third-order valence-electron chi connectivity index (χ3n) is 2.93. The van der Waals surface area contributed by atoms with Crippen molar-refractivity contribution in [2.24, 2.45) is 5.73 Å². The van der Waals surface area contributed by atoms with Gasteiger partial charge in [-0.3, -0.25) is 0 Å². The number of nitrogens with two attached hydrogens (primary N) is 1. The van der Waals surface area contributed by atoms with Crippen molar-refractivity contribution in [1.82, 2.24) is 0 Å². The van der Waals surface area contributed by atoms with Gasteiger partial charge in [0, 0.05) is 22.8 Å². The minimum Gasteiger partial charge on any atom is -0.377 e. The average Bonchev–Trinajstić information content (AvgIpc) is 2.39. The molecule has 2 rings (SSSR count). The maximum Gasteiger partial charge on any atom is 0.128 e. The van der Waals surface area contributed by atoms with Crippen LogP contribution in [0.25, 0.3) is 0 Å². The molecule has 0 amide bonds. The van der Waals surface area contributed by atoms with Crippen molar-refractivity contribution >= 4 is 17.3 Å². The molecule has 0 saturated carbocycles. The number of aryl methyl sites for hydroxylation is 1. The Kier molecular flexibility index (Phi) is 4.40. The number of halogens is 2. The first kappa shape index (κ1) is 13.8. The third-order valence-corrected chi connectivity index (χ3v) is 3.16. The van der Waals surface area contributed by atoms with E-state index in [1.54, 1.807) is 18.2 Å². The van der Waals surface area contributed by atoms with Crippen molar-refractivity contribution in [3.63, 3.8) is 0 Å². The smallest absolute Gasteiger partial charge is 0.128 e. The Morgan fingerprint density at radius 3 is 2.74 bits per heavy atom. The summed E-state index contributed by atoms with van der Waals surface area (Å²) < 4.78 is 13.9. The van der Waals surface area contributed by atoms with Gasteiger partial charge in [0.2, 0.25) is 0 Å². The Morgan fingerprint density at radius 1 is 1.26 bits per heavy atom. The Hall–Kier alpha value is -1.58. The van der Waals surface area contributed by atoms with Gasteiger partial charge in [0.25, 0.3) is 0 Å². The predicted molar refractivity (Wildman–Crippen MR) is 78.0 cm³/mol. The van der Waals surface area contributed by atoms with E-state index in [1.165, 1.54) is 6.07 Å². The molecule has 0 radical (unpaired) electrons. The van der Waals surface area contributed by atoms with Crippen molar-refractivity contribution in [2.75, 3.05) is 11.9 Å². The summed E-state index contributed by atoms with van der Waals surface area (Å²) in [6.45, 7) is 2.22. The van der Waals surface area contributed by atoms with E-state index in [4.69, 9.17) is 17.3 Å². The quantitative estimate of drug-likeness (QED) is 0.890. The fraction of sp³-hybridized carbons (Fsp3) is 0.200. The Bertz CT molecular complexity index is 572. The summed E-state index contributed by atoms with van der Waals surface area (Å²) in [5.41, 5.74) is 8.14. The van der Waals surface area contributed by atoms with E-state index in [2.05, 4.69) is 5.32 Å². The highest BCUT2D eigenvalue weighted by Gasteiger charge is 2.14. The van der Waals surface area contributed by atoms with E-state index in [-0.39, 0.29) is 11.9 Å². The van der Waals surface area contributed by atoms with Crippen LogP contribution in [0.15, 0.2) is 42.5 Å². The van der Waals surface area contributed by atoms with E-state index in [9.17, 15) is 4.39 Å². The molecule has 0 heterocycles.